The zero-order valence-electron chi connectivity index (χ0n) is 45.8. The van der Waals surface area contributed by atoms with E-state index in [1.165, 1.54) is 26.2 Å². The Hall–Kier alpha value is -4.25. The summed E-state index contributed by atoms with van der Waals surface area (Å²) in [5, 5.41) is 55.2. The summed E-state index contributed by atoms with van der Waals surface area (Å²) in [6, 6.07) is -3.53. The van der Waals surface area contributed by atoms with Gasteiger partial charge >= 0.3 is 23.9 Å². The Morgan fingerprint density at radius 2 is 1.39 bits per heavy atom. The minimum atomic E-state index is -1.94. The number of amides is 2. The van der Waals surface area contributed by atoms with Gasteiger partial charge in [-0.15, -0.1) is 0 Å². The van der Waals surface area contributed by atoms with E-state index in [1.807, 2.05) is 13.8 Å². The molecule has 2 amide bonds. The Bertz CT molecular complexity index is 2030. The van der Waals surface area contributed by atoms with E-state index in [4.69, 9.17) is 48.4 Å². The van der Waals surface area contributed by atoms with Crippen molar-refractivity contribution in [2.75, 3.05) is 41.4 Å². The fraction of sp³-hybridized carbons (Fsp3) is 0.827. The van der Waals surface area contributed by atoms with Crippen LogP contribution in [0.25, 0.3) is 0 Å². The van der Waals surface area contributed by atoms with E-state index in [1.54, 1.807) is 6.92 Å². The van der Waals surface area contributed by atoms with Gasteiger partial charge in [0.1, 0.15) is 67.1 Å². The van der Waals surface area contributed by atoms with Crippen molar-refractivity contribution in [3.05, 3.63) is 12.3 Å². The molecule has 0 saturated carbocycles. The number of nitrogens with two attached hydrogens (primary N) is 1. The summed E-state index contributed by atoms with van der Waals surface area (Å²) in [6.07, 6.45) is -12.9. The lowest BCUT2D eigenvalue weighted by molar-refractivity contribution is -0.280. The number of hydrogen-bond donors (Lipinski definition) is 6. The number of esters is 3. The monoisotopic (exact) mass is 1100 g/mol. The lowest BCUT2D eigenvalue weighted by Gasteiger charge is -2.42. The van der Waals surface area contributed by atoms with Crippen LogP contribution in [0.4, 0.5) is 0 Å². The molecule has 5 aliphatic heterocycles. The maximum absolute atomic E-state index is 14.7. The predicted molar refractivity (Wildman–Crippen MR) is 267 cm³/mol. The largest absolute Gasteiger partial charge is 0.480 e. The van der Waals surface area contributed by atoms with E-state index < -0.39 is 165 Å². The summed E-state index contributed by atoms with van der Waals surface area (Å²) >= 11 is 0. The third kappa shape index (κ3) is 16.4. The fourth-order valence-electron chi connectivity index (χ4n) is 10.7. The standard InChI is InChI=1S/C52H84N4O21/c1-26(2)16-14-12-10-11-13-15-17-31(72-35(59)20-27(3)21-36(60)75-52-47(70-9)44(69-8)28(4)29(5)71-52)23-37(61)73-33-25-54(6)39(48(66)55(7)38(33)50(67)68)45(77-51-43(65)40(62)32(24-53)74-51)46-41(63)42(64)49(76-46)56-19-18-30(57)22-34(56)58/h18-19,26-29,31-33,38-47,49,51-52,62-65H,10-17,20-25,53H2,1-9H3,(H,67,68)/t27?,28?,29?,31?,32-,33+,38+,39+,40?,41?,42+,43+,44?,45+,46+,47?,49-,51+,52?/m1/s1. The van der Waals surface area contributed by atoms with Gasteiger partial charge in [0.25, 0.3) is 0 Å². The van der Waals surface area contributed by atoms with Gasteiger partial charge in [-0.25, -0.2) is 4.79 Å². The lowest BCUT2D eigenvalue weighted by Crippen LogP contribution is -2.59. The third-order valence-electron chi connectivity index (χ3n) is 15.2. The molecule has 0 aromatic carbocycles. The van der Waals surface area contributed by atoms with Gasteiger partial charge < -0.3 is 78.8 Å². The molecule has 0 spiro atoms. The highest BCUT2D eigenvalue weighted by atomic mass is 16.7. The first-order chi connectivity index (χ1) is 36.4. The zero-order chi connectivity index (χ0) is 57.0. The molecular weight excluding hydrogens is 1020 g/mol. The van der Waals surface area contributed by atoms with Crippen molar-refractivity contribution in [1.82, 2.24) is 14.7 Å². The van der Waals surface area contributed by atoms with Crippen molar-refractivity contribution in [2.24, 2.45) is 23.5 Å². The second-order valence-electron chi connectivity index (χ2n) is 21.6. The molecule has 7 N–H and O–H groups in total. The minimum Gasteiger partial charge on any atom is -0.480 e. The molecule has 0 radical (unpaired) electrons. The average Bonchev–Trinajstić information content (AvgIpc) is 3.78. The molecule has 77 heavy (non-hydrogen) atoms. The minimum absolute atomic E-state index is 0.0548. The summed E-state index contributed by atoms with van der Waals surface area (Å²) < 4.78 is 52.6. The van der Waals surface area contributed by atoms with Crippen LogP contribution in [0.2, 0.25) is 0 Å². The lowest BCUT2D eigenvalue weighted by atomic mass is 9.91. The number of carbonyl (C=O) groups excluding carboxylic acids is 6. The van der Waals surface area contributed by atoms with Gasteiger partial charge in [-0.3, -0.25) is 38.6 Å². The second-order valence-corrected chi connectivity index (χ2v) is 21.6. The van der Waals surface area contributed by atoms with Crippen LogP contribution in [-0.4, -0.2) is 227 Å². The quantitative estimate of drug-likeness (QED) is 0.0275. The highest BCUT2D eigenvalue weighted by Gasteiger charge is 2.58. The number of methoxy groups -OCH3 is 2. The van der Waals surface area contributed by atoms with Crippen LogP contribution in [0.1, 0.15) is 112 Å². The first-order valence-electron chi connectivity index (χ1n) is 26.8. The number of unbranched alkanes of at least 4 members (excludes halogenated alkanes) is 5. The van der Waals surface area contributed by atoms with Gasteiger partial charge in [0.05, 0.1) is 25.0 Å². The maximum Gasteiger partial charge on any atom is 0.330 e. The molecule has 0 aromatic heterocycles. The number of carbonyl (C=O) groups is 7. The van der Waals surface area contributed by atoms with E-state index in [9.17, 15) is 59.1 Å². The molecule has 25 nitrogen and oxygen atoms in total. The Kier molecular flexibility index (Phi) is 24.2. The Morgan fingerprint density at radius 1 is 0.766 bits per heavy atom. The van der Waals surface area contributed by atoms with E-state index in [-0.39, 0.29) is 37.8 Å². The summed E-state index contributed by atoms with van der Waals surface area (Å²) in [5.41, 5.74) is 5.75. The van der Waals surface area contributed by atoms with Gasteiger partial charge in [0.2, 0.25) is 18.1 Å². The van der Waals surface area contributed by atoms with Crippen molar-refractivity contribution in [2.45, 2.75) is 216 Å². The molecule has 0 aliphatic carbocycles. The van der Waals surface area contributed by atoms with Gasteiger partial charge in [-0.05, 0) is 44.7 Å². The zero-order valence-corrected chi connectivity index (χ0v) is 45.8. The highest BCUT2D eigenvalue weighted by Crippen LogP contribution is 2.36. The van der Waals surface area contributed by atoms with Crippen molar-refractivity contribution in [3.8, 4) is 0 Å². The summed E-state index contributed by atoms with van der Waals surface area (Å²) in [6.45, 7) is 9.02. The number of ketones is 1. The SMILES string of the molecule is COC1C(OC(=O)CC(C)CC(=O)OC(CCCCCCCCC(C)C)CC(=O)O[C@H]2CN(C)[C@@H]([C@H](O[C@@H]3O[C@H](CN)C(O)[C@@H]3O)[C@H]3O[C@@H](N4C=CC(=O)CC4=O)[C@@H](O)C3O)C(=O)N(C)[C@@H]2C(=O)O)OC(C)C(C)C1OC. The van der Waals surface area contributed by atoms with Crippen molar-refractivity contribution in [1.29, 1.82) is 0 Å². The van der Waals surface area contributed by atoms with Crippen molar-refractivity contribution >= 4 is 41.5 Å². The van der Waals surface area contributed by atoms with Crippen LogP contribution in [0.3, 0.4) is 0 Å². The van der Waals surface area contributed by atoms with E-state index in [0.29, 0.717) is 12.3 Å². The number of allylic oxidation sites excluding steroid dienone is 1. The molecule has 19 atom stereocenters. The molecule has 5 heterocycles. The van der Waals surface area contributed by atoms with E-state index >= 15 is 0 Å². The predicted octanol–water partition coefficient (Wildman–Crippen LogP) is 0.125. The number of hydrogen-bond acceptors (Lipinski definition) is 22. The number of aliphatic carboxylic acids is 1. The Morgan fingerprint density at radius 3 is 1.99 bits per heavy atom. The van der Waals surface area contributed by atoms with Crippen molar-refractivity contribution < 1.29 is 102 Å². The van der Waals surface area contributed by atoms with Crippen LogP contribution in [-0.2, 0) is 76.2 Å². The number of rotatable bonds is 27. The van der Waals surface area contributed by atoms with Crippen LogP contribution in [0, 0.1) is 17.8 Å². The molecule has 0 bridgehead atoms. The van der Waals surface area contributed by atoms with Crippen LogP contribution in [0.15, 0.2) is 12.3 Å². The molecule has 438 valence electrons. The number of nitrogens with zero attached hydrogens (tertiary/aromatic N) is 3. The fourth-order valence-corrected chi connectivity index (χ4v) is 10.7. The Balaban J connectivity index is 1.33. The van der Waals surface area contributed by atoms with E-state index in [0.717, 1.165) is 67.6 Å². The number of likely N-dealkylation sites (N-methyl/N-ethyl adjacent to an activating group) is 2. The molecule has 25 heteroatoms. The summed E-state index contributed by atoms with van der Waals surface area (Å²) in [4.78, 5) is 96.5. The molecule has 9 unspecified atom stereocenters. The molecule has 5 aliphatic rings. The number of aliphatic hydroxyl groups is 4. The molecular formula is C52H84N4O21. The maximum atomic E-state index is 14.7. The third-order valence-corrected chi connectivity index (χ3v) is 15.2. The van der Waals surface area contributed by atoms with Gasteiger partial charge in [-0.2, -0.15) is 0 Å². The Labute approximate surface area is 449 Å². The first kappa shape index (κ1) is 63.6. The number of carboxylic acids is 1. The molecule has 5 rings (SSSR count). The van der Waals surface area contributed by atoms with Crippen LogP contribution in [0.5, 0.6) is 0 Å². The smallest absolute Gasteiger partial charge is 0.330 e. The van der Waals surface area contributed by atoms with Gasteiger partial charge in [-0.1, -0.05) is 66.2 Å². The number of carboxylic acid groups (broad SMARTS) is 1. The molecule has 0 aromatic rings. The van der Waals surface area contributed by atoms with E-state index in [2.05, 4.69) is 13.8 Å². The number of aliphatic hydroxyl groups excluding tert-OH is 4. The van der Waals surface area contributed by atoms with Crippen LogP contribution < -0.4 is 5.73 Å². The average molecular weight is 1100 g/mol. The van der Waals surface area contributed by atoms with Gasteiger partial charge in [0, 0.05) is 59.3 Å². The molecule has 4 fully saturated rings. The summed E-state index contributed by atoms with van der Waals surface area (Å²) in [7, 11) is 5.50. The highest BCUT2D eigenvalue weighted by molar-refractivity contribution is 6.06. The normalized spacial score (nSPS) is 34.2. The topological polar surface area (TPSA) is 339 Å². The first-order valence-corrected chi connectivity index (χ1v) is 26.8. The molecule has 4 saturated heterocycles. The van der Waals surface area contributed by atoms with Gasteiger partial charge in [0.15, 0.2) is 24.3 Å². The summed E-state index contributed by atoms with van der Waals surface area (Å²) in [5.74, 6) is -6.21. The number of ether oxygens (including phenoxy) is 9. The second kappa shape index (κ2) is 29.3. The van der Waals surface area contributed by atoms with Crippen molar-refractivity contribution in [3.63, 3.8) is 0 Å². The van der Waals surface area contributed by atoms with Crippen LogP contribution >= 0.6 is 0 Å².